The number of hydrogen-bond donors (Lipinski definition) is 2. The van der Waals surface area contributed by atoms with Crippen molar-refractivity contribution in [1.82, 2.24) is 15.1 Å². The average molecular weight is 313 g/mol. The maximum Gasteiger partial charge on any atom is 0.326 e. The first kappa shape index (κ1) is 17.9. The van der Waals surface area contributed by atoms with E-state index >= 15 is 0 Å². The molecule has 0 aromatic rings. The minimum absolute atomic E-state index is 0.0955. The van der Waals surface area contributed by atoms with Crippen molar-refractivity contribution in [2.75, 3.05) is 26.7 Å². The standard InChI is InChI=1S/C14H23N3O5/c1-9(14(21)22)17(7-5-15-10(2)18)13(20)11-4-6-16(3)12(19)8-11/h9,11H,4-8H2,1-3H3,(H,15,18)(H,21,22). The molecule has 124 valence electrons. The summed E-state index contributed by atoms with van der Waals surface area (Å²) >= 11 is 0. The van der Waals surface area contributed by atoms with Gasteiger partial charge in [-0.2, -0.15) is 0 Å². The van der Waals surface area contributed by atoms with Crippen molar-refractivity contribution in [3.8, 4) is 0 Å². The summed E-state index contributed by atoms with van der Waals surface area (Å²) in [5.41, 5.74) is 0. The monoisotopic (exact) mass is 313 g/mol. The molecule has 0 aromatic heterocycles. The van der Waals surface area contributed by atoms with Crippen LogP contribution in [0.2, 0.25) is 0 Å². The van der Waals surface area contributed by atoms with Crippen LogP contribution in [0.15, 0.2) is 0 Å². The number of nitrogens with one attached hydrogen (secondary N) is 1. The number of carboxylic acid groups (broad SMARTS) is 1. The van der Waals surface area contributed by atoms with Crippen LogP contribution in [0.5, 0.6) is 0 Å². The largest absolute Gasteiger partial charge is 0.480 e. The van der Waals surface area contributed by atoms with E-state index in [0.717, 1.165) is 0 Å². The van der Waals surface area contributed by atoms with Gasteiger partial charge in [0.1, 0.15) is 6.04 Å². The number of likely N-dealkylation sites (tertiary alicyclic amines) is 1. The highest BCUT2D eigenvalue weighted by atomic mass is 16.4. The Morgan fingerprint density at radius 2 is 2.09 bits per heavy atom. The van der Waals surface area contributed by atoms with Gasteiger partial charge in [0, 0.05) is 45.9 Å². The molecule has 0 bridgehead atoms. The number of aliphatic carboxylic acids is 1. The second-order valence-electron chi connectivity index (χ2n) is 5.53. The molecule has 8 heteroatoms. The number of amides is 3. The van der Waals surface area contributed by atoms with Gasteiger partial charge >= 0.3 is 5.97 Å². The van der Waals surface area contributed by atoms with Crippen LogP contribution < -0.4 is 5.32 Å². The maximum absolute atomic E-state index is 12.6. The molecule has 0 aliphatic carbocycles. The molecule has 1 aliphatic heterocycles. The molecule has 8 nitrogen and oxygen atoms in total. The Bertz CT molecular complexity index is 465. The number of piperidine rings is 1. The minimum Gasteiger partial charge on any atom is -0.480 e. The lowest BCUT2D eigenvalue weighted by Gasteiger charge is -2.34. The van der Waals surface area contributed by atoms with Crippen molar-refractivity contribution in [3.05, 3.63) is 0 Å². The summed E-state index contributed by atoms with van der Waals surface area (Å²) in [6.45, 7) is 3.54. The molecule has 1 saturated heterocycles. The van der Waals surface area contributed by atoms with E-state index in [1.165, 1.54) is 18.7 Å². The third kappa shape index (κ3) is 4.71. The van der Waals surface area contributed by atoms with E-state index in [9.17, 15) is 19.2 Å². The SMILES string of the molecule is CC(=O)NCCN(C(=O)C1CCN(C)C(=O)C1)C(C)C(=O)O. The highest BCUT2D eigenvalue weighted by Crippen LogP contribution is 2.20. The van der Waals surface area contributed by atoms with Crippen molar-refractivity contribution in [2.45, 2.75) is 32.7 Å². The fourth-order valence-corrected chi connectivity index (χ4v) is 2.37. The summed E-state index contributed by atoms with van der Waals surface area (Å²) in [5.74, 6) is -2.32. The Balaban J connectivity index is 2.76. The van der Waals surface area contributed by atoms with Crippen molar-refractivity contribution in [2.24, 2.45) is 5.92 Å². The molecular formula is C14H23N3O5. The highest BCUT2D eigenvalue weighted by molar-refractivity contribution is 5.89. The van der Waals surface area contributed by atoms with Gasteiger partial charge in [-0.3, -0.25) is 14.4 Å². The van der Waals surface area contributed by atoms with Crippen LogP contribution in [0.4, 0.5) is 0 Å². The van der Waals surface area contributed by atoms with Gasteiger partial charge < -0.3 is 20.2 Å². The van der Waals surface area contributed by atoms with E-state index in [0.29, 0.717) is 13.0 Å². The first-order chi connectivity index (χ1) is 10.2. The lowest BCUT2D eigenvalue weighted by Crippen LogP contribution is -2.51. The summed E-state index contributed by atoms with van der Waals surface area (Å²) < 4.78 is 0. The van der Waals surface area contributed by atoms with Crippen LogP contribution in [0.1, 0.15) is 26.7 Å². The normalized spacial score (nSPS) is 19.5. The summed E-state index contributed by atoms with van der Waals surface area (Å²) in [7, 11) is 1.68. The van der Waals surface area contributed by atoms with Crippen molar-refractivity contribution in [1.29, 1.82) is 0 Å². The highest BCUT2D eigenvalue weighted by Gasteiger charge is 2.34. The zero-order chi connectivity index (χ0) is 16.9. The molecule has 1 fully saturated rings. The Morgan fingerprint density at radius 1 is 1.45 bits per heavy atom. The molecule has 2 unspecified atom stereocenters. The maximum atomic E-state index is 12.6. The molecule has 1 rings (SSSR count). The van der Waals surface area contributed by atoms with Gasteiger partial charge in [-0.25, -0.2) is 4.79 Å². The number of carbonyl (C=O) groups excluding carboxylic acids is 3. The molecule has 0 aromatic carbocycles. The molecule has 0 saturated carbocycles. The average Bonchev–Trinajstić information content (AvgIpc) is 2.44. The van der Waals surface area contributed by atoms with Crippen LogP contribution in [-0.4, -0.2) is 71.3 Å². The van der Waals surface area contributed by atoms with E-state index in [4.69, 9.17) is 5.11 Å². The van der Waals surface area contributed by atoms with E-state index in [2.05, 4.69) is 5.32 Å². The van der Waals surface area contributed by atoms with Crippen LogP contribution in [0.25, 0.3) is 0 Å². The second kappa shape index (κ2) is 7.77. The lowest BCUT2D eigenvalue weighted by molar-refractivity contribution is -0.153. The number of rotatable bonds is 6. The fourth-order valence-electron chi connectivity index (χ4n) is 2.37. The Hall–Kier alpha value is -2.12. The summed E-state index contributed by atoms with van der Waals surface area (Å²) in [6, 6.07) is -1.00. The topological polar surface area (TPSA) is 107 Å². The van der Waals surface area contributed by atoms with Crippen LogP contribution in [0, 0.1) is 5.92 Å². The Kier molecular flexibility index (Phi) is 6.33. The summed E-state index contributed by atoms with van der Waals surface area (Å²) in [6.07, 6.45) is 0.613. The Labute approximate surface area is 129 Å². The van der Waals surface area contributed by atoms with E-state index < -0.39 is 17.9 Å². The van der Waals surface area contributed by atoms with Crippen molar-refractivity contribution >= 4 is 23.7 Å². The molecule has 2 atom stereocenters. The number of carbonyl (C=O) groups is 4. The van der Waals surface area contributed by atoms with E-state index in [1.54, 1.807) is 11.9 Å². The predicted molar refractivity (Wildman–Crippen MR) is 77.9 cm³/mol. The zero-order valence-corrected chi connectivity index (χ0v) is 13.2. The van der Waals surface area contributed by atoms with Gasteiger partial charge in [0.15, 0.2) is 0 Å². The van der Waals surface area contributed by atoms with Gasteiger partial charge in [-0.15, -0.1) is 0 Å². The first-order valence-electron chi connectivity index (χ1n) is 7.25. The third-order valence-corrected chi connectivity index (χ3v) is 3.84. The number of hydrogen-bond acceptors (Lipinski definition) is 4. The van der Waals surface area contributed by atoms with Crippen LogP contribution >= 0.6 is 0 Å². The second-order valence-corrected chi connectivity index (χ2v) is 5.53. The van der Waals surface area contributed by atoms with Gasteiger partial charge in [0.05, 0.1) is 0 Å². The Morgan fingerprint density at radius 3 is 2.59 bits per heavy atom. The molecule has 22 heavy (non-hydrogen) atoms. The molecule has 3 amide bonds. The fraction of sp³-hybridized carbons (Fsp3) is 0.714. The molecule has 0 spiro atoms. The minimum atomic E-state index is -1.12. The number of nitrogens with zero attached hydrogens (tertiary/aromatic N) is 2. The molecule has 1 heterocycles. The zero-order valence-electron chi connectivity index (χ0n) is 13.2. The summed E-state index contributed by atoms with van der Waals surface area (Å²) in [4.78, 5) is 49.1. The van der Waals surface area contributed by atoms with Crippen LogP contribution in [-0.2, 0) is 19.2 Å². The first-order valence-corrected chi connectivity index (χ1v) is 7.25. The quantitative estimate of drug-likeness (QED) is 0.674. The molecule has 1 aliphatic rings. The van der Waals surface area contributed by atoms with Crippen molar-refractivity contribution < 1.29 is 24.3 Å². The van der Waals surface area contributed by atoms with Crippen molar-refractivity contribution in [3.63, 3.8) is 0 Å². The molecule has 0 radical (unpaired) electrons. The molecule has 2 N–H and O–H groups in total. The van der Waals surface area contributed by atoms with Gasteiger partial charge in [0.2, 0.25) is 17.7 Å². The van der Waals surface area contributed by atoms with E-state index in [-0.39, 0.29) is 37.2 Å². The van der Waals surface area contributed by atoms with Gasteiger partial charge in [0.25, 0.3) is 0 Å². The molecular weight excluding hydrogens is 290 g/mol. The third-order valence-electron chi connectivity index (χ3n) is 3.84. The summed E-state index contributed by atoms with van der Waals surface area (Å²) in [5, 5.41) is 11.7. The van der Waals surface area contributed by atoms with Gasteiger partial charge in [-0.1, -0.05) is 0 Å². The number of carboxylic acids is 1. The van der Waals surface area contributed by atoms with Crippen LogP contribution in [0.3, 0.4) is 0 Å². The smallest absolute Gasteiger partial charge is 0.326 e. The lowest BCUT2D eigenvalue weighted by atomic mass is 9.94. The van der Waals surface area contributed by atoms with Gasteiger partial charge in [-0.05, 0) is 13.3 Å². The predicted octanol–water partition coefficient (Wildman–Crippen LogP) is -0.707. The van der Waals surface area contributed by atoms with E-state index in [1.807, 2.05) is 0 Å².